The van der Waals surface area contributed by atoms with Crippen LogP contribution in [0.2, 0.25) is 0 Å². The zero-order chi connectivity index (χ0) is 26.4. The van der Waals surface area contributed by atoms with Gasteiger partial charge in [0.15, 0.2) is 0 Å². The van der Waals surface area contributed by atoms with E-state index in [1.54, 1.807) is 24.2 Å². The van der Waals surface area contributed by atoms with Crippen molar-refractivity contribution in [2.24, 2.45) is 0 Å². The van der Waals surface area contributed by atoms with E-state index < -0.39 is 22.0 Å². The molecule has 0 saturated carbocycles. The van der Waals surface area contributed by atoms with Crippen LogP contribution in [-0.2, 0) is 14.8 Å². The number of hydrogen-bond donors (Lipinski definition) is 2. The smallest absolute Gasteiger partial charge is 0.253 e. The summed E-state index contributed by atoms with van der Waals surface area (Å²) in [4.78, 5) is 29.9. The Kier molecular flexibility index (Phi) is 8.30. The van der Waals surface area contributed by atoms with Crippen LogP contribution < -0.4 is 10.6 Å². The van der Waals surface area contributed by atoms with Crippen LogP contribution in [0.3, 0.4) is 0 Å². The van der Waals surface area contributed by atoms with Crippen LogP contribution in [0.15, 0.2) is 85.1 Å². The summed E-state index contributed by atoms with van der Waals surface area (Å²) in [5.74, 6) is -0.139. The molecule has 0 unspecified atom stereocenters. The van der Waals surface area contributed by atoms with E-state index >= 15 is 0 Å². The van der Waals surface area contributed by atoms with Gasteiger partial charge < -0.3 is 10.6 Å². The Labute approximate surface area is 220 Å². The molecule has 0 saturated heterocycles. The lowest BCUT2D eigenvalue weighted by Gasteiger charge is -2.18. The number of carbonyl (C=O) groups is 2. The van der Waals surface area contributed by atoms with E-state index in [1.807, 2.05) is 42.7 Å². The molecule has 2 heterocycles. The van der Waals surface area contributed by atoms with E-state index in [-0.39, 0.29) is 11.5 Å². The van der Waals surface area contributed by atoms with Gasteiger partial charge in [0.25, 0.3) is 5.91 Å². The minimum absolute atomic E-state index is 0.172. The van der Waals surface area contributed by atoms with Gasteiger partial charge in [-0.25, -0.2) is 8.42 Å². The Hall–Kier alpha value is -3.63. The van der Waals surface area contributed by atoms with E-state index in [0.29, 0.717) is 18.6 Å². The molecule has 0 spiro atoms. The second-order valence-electron chi connectivity index (χ2n) is 8.64. The predicted octanol–water partition coefficient (Wildman–Crippen LogP) is 3.70. The number of rotatable bonds is 10. The van der Waals surface area contributed by atoms with Crippen molar-refractivity contribution in [2.75, 3.05) is 18.3 Å². The lowest BCUT2D eigenvalue weighted by atomic mass is 10.0. The minimum atomic E-state index is -3.50. The molecule has 8 nitrogen and oxygen atoms in total. The lowest BCUT2D eigenvalue weighted by Crippen LogP contribution is -2.46. The number of allylic oxidation sites excluding steroid dienone is 3. The molecule has 1 atom stereocenters. The number of benzene rings is 1. The van der Waals surface area contributed by atoms with Crippen molar-refractivity contribution in [3.8, 4) is 11.1 Å². The number of carbonyl (C=O) groups excluding carboxylic acids is 2. The van der Waals surface area contributed by atoms with E-state index in [2.05, 4.69) is 27.8 Å². The van der Waals surface area contributed by atoms with E-state index in [4.69, 9.17) is 0 Å². The highest BCUT2D eigenvalue weighted by Gasteiger charge is 2.23. The van der Waals surface area contributed by atoms with Crippen LogP contribution in [0, 0.1) is 0 Å². The van der Waals surface area contributed by atoms with Gasteiger partial charge in [-0.1, -0.05) is 24.3 Å². The van der Waals surface area contributed by atoms with Gasteiger partial charge in [0.1, 0.15) is 6.04 Å². The Morgan fingerprint density at radius 1 is 1.11 bits per heavy atom. The Morgan fingerprint density at radius 2 is 1.86 bits per heavy atom. The number of thioether (sulfide) groups is 1. The molecule has 3 aromatic rings. The topological polar surface area (TPSA) is 110 Å². The molecular formula is C27H28N4O4S2. The molecule has 0 aliphatic heterocycles. The standard InChI is InChI=1S/C27H28N4O4S2/c1-36-15-11-25(30-26(32)23-10-14-31(18-23)37(2,34)35)27(33)29-24-7-6-22(17-24)21-5-3-4-20(16-21)19-8-12-28-13-9-19/h3-6,8-10,12-14,16-18,25H,7,11,15H2,1-2H3,(H,29,33)(H,30,32)/t25-/m0/s1. The second kappa shape index (κ2) is 11.6. The average molecular weight is 537 g/mol. The molecule has 0 radical (unpaired) electrons. The quantitative estimate of drug-likeness (QED) is 0.409. The highest BCUT2D eigenvalue weighted by molar-refractivity contribution is 7.98. The fourth-order valence-electron chi connectivity index (χ4n) is 3.95. The molecule has 0 bridgehead atoms. The average Bonchev–Trinajstić information content (AvgIpc) is 3.57. The molecule has 2 aromatic heterocycles. The predicted molar refractivity (Wildman–Crippen MR) is 147 cm³/mol. The Balaban J connectivity index is 1.44. The third-order valence-electron chi connectivity index (χ3n) is 5.91. The fourth-order valence-corrected chi connectivity index (χ4v) is 5.00. The van der Waals surface area contributed by atoms with Crippen LogP contribution in [0.25, 0.3) is 16.7 Å². The van der Waals surface area contributed by atoms with Gasteiger partial charge in [-0.05, 0) is 71.0 Å². The van der Waals surface area contributed by atoms with Gasteiger partial charge >= 0.3 is 0 Å². The summed E-state index contributed by atoms with van der Waals surface area (Å²) in [6, 6.07) is 12.8. The van der Waals surface area contributed by atoms with Gasteiger partial charge in [-0.15, -0.1) is 0 Å². The molecule has 1 aliphatic carbocycles. The highest BCUT2D eigenvalue weighted by Crippen LogP contribution is 2.28. The van der Waals surface area contributed by atoms with Gasteiger partial charge in [0, 0.05) is 36.9 Å². The van der Waals surface area contributed by atoms with E-state index in [0.717, 1.165) is 38.2 Å². The van der Waals surface area contributed by atoms with E-state index in [9.17, 15) is 18.0 Å². The molecule has 192 valence electrons. The first kappa shape index (κ1) is 26.4. The van der Waals surface area contributed by atoms with Crippen molar-refractivity contribution in [1.82, 2.24) is 19.6 Å². The number of pyridine rings is 1. The second-order valence-corrected chi connectivity index (χ2v) is 11.5. The van der Waals surface area contributed by atoms with Crippen molar-refractivity contribution in [1.29, 1.82) is 0 Å². The number of amides is 2. The monoisotopic (exact) mass is 536 g/mol. The van der Waals surface area contributed by atoms with Crippen molar-refractivity contribution in [3.63, 3.8) is 0 Å². The summed E-state index contributed by atoms with van der Waals surface area (Å²) in [6.45, 7) is 0. The third kappa shape index (κ3) is 6.78. The van der Waals surface area contributed by atoms with Crippen LogP contribution >= 0.6 is 11.8 Å². The maximum Gasteiger partial charge on any atom is 0.253 e. The zero-order valence-corrected chi connectivity index (χ0v) is 22.2. The van der Waals surface area contributed by atoms with Gasteiger partial charge in [-0.2, -0.15) is 11.8 Å². The van der Waals surface area contributed by atoms with Crippen molar-refractivity contribution in [3.05, 3.63) is 96.2 Å². The normalized spacial score (nSPS) is 14.0. The molecule has 1 aromatic carbocycles. The van der Waals surface area contributed by atoms with Crippen molar-refractivity contribution in [2.45, 2.75) is 18.9 Å². The highest BCUT2D eigenvalue weighted by atomic mass is 32.2. The van der Waals surface area contributed by atoms with E-state index in [1.165, 1.54) is 18.5 Å². The summed E-state index contributed by atoms with van der Waals surface area (Å²) < 4.78 is 24.4. The molecule has 4 rings (SSSR count). The van der Waals surface area contributed by atoms with Gasteiger partial charge in [0.2, 0.25) is 15.9 Å². The van der Waals surface area contributed by atoms with Crippen LogP contribution in [-0.4, -0.2) is 53.5 Å². The van der Waals surface area contributed by atoms with Crippen LogP contribution in [0.4, 0.5) is 0 Å². The Bertz CT molecular complexity index is 1460. The summed E-state index contributed by atoms with van der Waals surface area (Å²) in [6.07, 6.45) is 14.1. The molecule has 0 fully saturated rings. The fraction of sp³-hybridized carbons (Fsp3) is 0.222. The summed E-state index contributed by atoms with van der Waals surface area (Å²) in [5, 5.41) is 5.71. The zero-order valence-electron chi connectivity index (χ0n) is 20.5. The minimum Gasteiger partial charge on any atom is -0.340 e. The molecular weight excluding hydrogens is 508 g/mol. The molecule has 37 heavy (non-hydrogen) atoms. The maximum absolute atomic E-state index is 13.1. The maximum atomic E-state index is 13.1. The van der Waals surface area contributed by atoms with Crippen molar-refractivity contribution < 1.29 is 18.0 Å². The largest absolute Gasteiger partial charge is 0.340 e. The third-order valence-corrected chi connectivity index (χ3v) is 7.55. The first-order valence-corrected chi connectivity index (χ1v) is 14.9. The van der Waals surface area contributed by atoms with Gasteiger partial charge in [-0.3, -0.25) is 18.5 Å². The molecule has 2 amide bonds. The summed E-state index contributed by atoms with van der Waals surface area (Å²) >= 11 is 1.57. The Morgan fingerprint density at radius 3 is 2.57 bits per heavy atom. The first-order chi connectivity index (χ1) is 17.7. The summed E-state index contributed by atoms with van der Waals surface area (Å²) in [5.41, 5.74) is 5.13. The first-order valence-electron chi connectivity index (χ1n) is 11.7. The van der Waals surface area contributed by atoms with Crippen molar-refractivity contribution >= 4 is 39.2 Å². The summed E-state index contributed by atoms with van der Waals surface area (Å²) in [7, 11) is -3.50. The number of nitrogens with one attached hydrogen (secondary N) is 2. The van der Waals surface area contributed by atoms with Crippen LogP contribution in [0.1, 0.15) is 28.8 Å². The number of nitrogens with zero attached hydrogens (tertiary/aromatic N) is 2. The molecule has 1 aliphatic rings. The molecule has 2 N–H and O–H groups in total. The lowest BCUT2D eigenvalue weighted by molar-refractivity contribution is -0.122. The van der Waals surface area contributed by atoms with Gasteiger partial charge in [0.05, 0.1) is 11.8 Å². The molecule has 10 heteroatoms. The number of hydrogen-bond acceptors (Lipinski definition) is 6. The SMILES string of the molecule is CSCC[C@H](NC(=O)c1ccn(S(C)(=O)=O)c1)C(=O)NC1=CC(c2cccc(-c3ccncc3)c2)=CC1. The van der Waals surface area contributed by atoms with Crippen LogP contribution in [0.5, 0.6) is 0 Å². The number of aromatic nitrogens is 2.